The smallest absolute Gasteiger partial charge is 0.326 e. The highest BCUT2D eigenvalue weighted by Crippen LogP contribution is 2.28. The summed E-state index contributed by atoms with van der Waals surface area (Å²) in [6, 6.07) is 3.43. The highest BCUT2D eigenvalue weighted by molar-refractivity contribution is 5.79. The van der Waals surface area contributed by atoms with E-state index in [0.29, 0.717) is 24.3 Å². The lowest BCUT2D eigenvalue weighted by Gasteiger charge is -2.34. The van der Waals surface area contributed by atoms with Gasteiger partial charge < -0.3 is 10.0 Å². The van der Waals surface area contributed by atoms with Gasteiger partial charge in [-0.2, -0.15) is 5.26 Å². The van der Waals surface area contributed by atoms with Crippen molar-refractivity contribution < 1.29 is 9.90 Å². The fourth-order valence-corrected chi connectivity index (χ4v) is 2.60. The molecule has 1 unspecified atom stereocenters. The van der Waals surface area contributed by atoms with E-state index >= 15 is 0 Å². The van der Waals surface area contributed by atoms with Crippen LogP contribution in [0.2, 0.25) is 0 Å². The summed E-state index contributed by atoms with van der Waals surface area (Å²) in [6.45, 7) is 4.36. The highest BCUT2D eigenvalue weighted by Gasteiger charge is 2.31. The van der Waals surface area contributed by atoms with Gasteiger partial charge >= 0.3 is 5.97 Å². The number of carboxylic acids is 1. The minimum absolute atomic E-state index is 0.485. The van der Waals surface area contributed by atoms with Crippen molar-refractivity contribution in [1.82, 2.24) is 4.98 Å². The van der Waals surface area contributed by atoms with E-state index in [1.807, 2.05) is 19.9 Å². The zero-order chi connectivity index (χ0) is 14.0. The lowest BCUT2D eigenvalue weighted by atomic mass is 10.0. The molecule has 1 aliphatic heterocycles. The molecule has 0 amide bonds. The Morgan fingerprint density at radius 1 is 1.53 bits per heavy atom. The molecule has 0 spiro atoms. The van der Waals surface area contributed by atoms with E-state index < -0.39 is 12.0 Å². The monoisotopic (exact) mass is 259 g/mol. The van der Waals surface area contributed by atoms with Gasteiger partial charge in [-0.3, -0.25) is 0 Å². The molecule has 0 aliphatic carbocycles. The molecule has 1 atom stereocenters. The van der Waals surface area contributed by atoms with Crippen molar-refractivity contribution in [3.8, 4) is 6.07 Å². The average molecular weight is 259 g/mol. The zero-order valence-corrected chi connectivity index (χ0v) is 11.2. The van der Waals surface area contributed by atoms with Crippen LogP contribution in [-0.4, -0.2) is 28.6 Å². The van der Waals surface area contributed by atoms with E-state index in [4.69, 9.17) is 0 Å². The molecule has 1 aromatic heterocycles. The van der Waals surface area contributed by atoms with Gasteiger partial charge in [0.2, 0.25) is 0 Å². The molecule has 1 fully saturated rings. The molecule has 0 aromatic carbocycles. The summed E-state index contributed by atoms with van der Waals surface area (Å²) in [7, 11) is 0. The minimum Gasteiger partial charge on any atom is -0.480 e. The van der Waals surface area contributed by atoms with Crippen molar-refractivity contribution >= 4 is 11.8 Å². The quantitative estimate of drug-likeness (QED) is 0.879. The maximum Gasteiger partial charge on any atom is 0.326 e. The molecular weight excluding hydrogens is 242 g/mol. The number of aryl methyl sites for hydroxylation is 2. The van der Waals surface area contributed by atoms with Crippen LogP contribution in [0.15, 0.2) is 6.07 Å². The van der Waals surface area contributed by atoms with E-state index in [-0.39, 0.29) is 0 Å². The van der Waals surface area contributed by atoms with E-state index in [1.165, 1.54) is 0 Å². The Labute approximate surface area is 112 Å². The summed E-state index contributed by atoms with van der Waals surface area (Å²) in [6.07, 6.45) is 2.44. The number of rotatable bonds is 2. The van der Waals surface area contributed by atoms with Gasteiger partial charge in [-0.15, -0.1) is 0 Å². The number of piperidine rings is 1. The van der Waals surface area contributed by atoms with Crippen LogP contribution in [0.25, 0.3) is 0 Å². The van der Waals surface area contributed by atoms with Crippen molar-refractivity contribution in [2.45, 2.75) is 39.2 Å². The van der Waals surface area contributed by atoms with Crippen LogP contribution in [0.3, 0.4) is 0 Å². The molecule has 1 N–H and O–H groups in total. The first-order chi connectivity index (χ1) is 9.04. The van der Waals surface area contributed by atoms with Crippen molar-refractivity contribution in [1.29, 1.82) is 5.26 Å². The third-order valence-electron chi connectivity index (χ3n) is 3.50. The van der Waals surface area contributed by atoms with Crippen LogP contribution < -0.4 is 4.90 Å². The third-order valence-corrected chi connectivity index (χ3v) is 3.50. The predicted octanol–water partition coefficient (Wildman–Crippen LogP) is 2.01. The number of pyridine rings is 1. The molecule has 2 rings (SSSR count). The summed E-state index contributed by atoms with van der Waals surface area (Å²) in [5.74, 6) is -0.323. The lowest BCUT2D eigenvalue weighted by molar-refractivity contribution is -0.139. The molecule has 2 heterocycles. The van der Waals surface area contributed by atoms with Crippen molar-refractivity contribution in [2.24, 2.45) is 0 Å². The van der Waals surface area contributed by atoms with Crippen LogP contribution in [0.1, 0.15) is 36.1 Å². The largest absolute Gasteiger partial charge is 0.480 e. The van der Waals surface area contributed by atoms with E-state index in [2.05, 4.69) is 11.1 Å². The Hall–Kier alpha value is -2.09. The van der Waals surface area contributed by atoms with Crippen LogP contribution in [-0.2, 0) is 4.79 Å². The lowest BCUT2D eigenvalue weighted by Crippen LogP contribution is -2.45. The number of aromatic nitrogens is 1. The topological polar surface area (TPSA) is 77.2 Å². The summed E-state index contributed by atoms with van der Waals surface area (Å²) in [4.78, 5) is 17.5. The Kier molecular flexibility index (Phi) is 3.70. The van der Waals surface area contributed by atoms with Crippen molar-refractivity contribution in [3.05, 3.63) is 22.9 Å². The maximum absolute atomic E-state index is 11.4. The standard InChI is InChI=1S/C14H17N3O2/c1-9-7-10(2)16-13(11(9)8-15)17-6-4-3-5-12(17)14(18)19/h7,12H,3-6H2,1-2H3,(H,18,19). The Bertz CT molecular complexity index is 548. The zero-order valence-electron chi connectivity index (χ0n) is 11.2. The normalized spacial score (nSPS) is 19.0. The average Bonchev–Trinajstić information content (AvgIpc) is 2.37. The van der Waals surface area contributed by atoms with Crippen LogP contribution in [0, 0.1) is 25.2 Å². The van der Waals surface area contributed by atoms with Crippen LogP contribution in [0.4, 0.5) is 5.82 Å². The van der Waals surface area contributed by atoms with Crippen molar-refractivity contribution in [2.75, 3.05) is 11.4 Å². The Morgan fingerprint density at radius 2 is 2.26 bits per heavy atom. The number of anilines is 1. The molecule has 1 aliphatic rings. The van der Waals surface area contributed by atoms with E-state index in [9.17, 15) is 15.2 Å². The molecular formula is C14H17N3O2. The number of aliphatic carboxylic acids is 1. The van der Waals surface area contributed by atoms with Gasteiger partial charge in [0.25, 0.3) is 0 Å². The number of nitrogens with zero attached hydrogens (tertiary/aromatic N) is 3. The number of carbonyl (C=O) groups is 1. The molecule has 19 heavy (non-hydrogen) atoms. The molecule has 1 aromatic rings. The van der Waals surface area contributed by atoms with Crippen LogP contribution in [0.5, 0.6) is 0 Å². The van der Waals surface area contributed by atoms with Gasteiger partial charge in [-0.25, -0.2) is 9.78 Å². The number of nitriles is 1. The molecule has 0 radical (unpaired) electrons. The summed E-state index contributed by atoms with van der Waals surface area (Å²) < 4.78 is 0. The molecule has 5 nitrogen and oxygen atoms in total. The van der Waals surface area contributed by atoms with Gasteiger partial charge in [-0.05, 0) is 44.7 Å². The van der Waals surface area contributed by atoms with Gasteiger partial charge in [0, 0.05) is 12.2 Å². The van der Waals surface area contributed by atoms with E-state index in [0.717, 1.165) is 24.1 Å². The Balaban J connectivity index is 2.50. The second-order valence-electron chi connectivity index (χ2n) is 4.93. The third kappa shape index (κ3) is 2.53. The summed E-state index contributed by atoms with van der Waals surface area (Å²) in [5, 5.41) is 18.6. The van der Waals surface area contributed by atoms with Gasteiger partial charge in [0.1, 0.15) is 17.9 Å². The molecule has 5 heteroatoms. The van der Waals surface area contributed by atoms with Gasteiger partial charge in [0.15, 0.2) is 0 Å². The Morgan fingerprint density at radius 3 is 2.89 bits per heavy atom. The molecule has 0 bridgehead atoms. The first kappa shape index (κ1) is 13.3. The minimum atomic E-state index is -0.843. The number of carboxylic acid groups (broad SMARTS) is 1. The first-order valence-electron chi connectivity index (χ1n) is 6.42. The van der Waals surface area contributed by atoms with Gasteiger partial charge in [-0.1, -0.05) is 0 Å². The number of hydrogen-bond donors (Lipinski definition) is 1. The van der Waals surface area contributed by atoms with E-state index in [1.54, 1.807) is 4.90 Å². The second kappa shape index (κ2) is 5.27. The predicted molar refractivity (Wildman–Crippen MR) is 71.0 cm³/mol. The first-order valence-corrected chi connectivity index (χ1v) is 6.42. The number of hydrogen-bond acceptors (Lipinski definition) is 4. The SMILES string of the molecule is Cc1cc(C)c(C#N)c(N2CCCCC2C(=O)O)n1. The fraction of sp³-hybridized carbons (Fsp3) is 0.500. The molecule has 100 valence electrons. The maximum atomic E-state index is 11.4. The second-order valence-corrected chi connectivity index (χ2v) is 4.93. The fourth-order valence-electron chi connectivity index (χ4n) is 2.60. The summed E-state index contributed by atoms with van der Waals surface area (Å²) >= 11 is 0. The van der Waals surface area contributed by atoms with Crippen LogP contribution >= 0.6 is 0 Å². The van der Waals surface area contributed by atoms with Gasteiger partial charge in [0.05, 0.1) is 5.56 Å². The highest BCUT2D eigenvalue weighted by atomic mass is 16.4. The molecule has 1 saturated heterocycles. The van der Waals surface area contributed by atoms with Crippen molar-refractivity contribution in [3.63, 3.8) is 0 Å². The summed E-state index contributed by atoms with van der Waals surface area (Å²) in [5.41, 5.74) is 2.14. The molecule has 0 saturated carbocycles.